The van der Waals surface area contributed by atoms with Crippen LogP contribution in [-0.2, 0) is 4.74 Å². The molecule has 2 N–H and O–H groups in total. The maximum atomic E-state index is 5.27. The quantitative estimate of drug-likeness (QED) is 0.738. The third kappa shape index (κ3) is 4.89. The summed E-state index contributed by atoms with van der Waals surface area (Å²) in [6, 6.07) is 0.815. The SMILES string of the molecule is COCC(C)NC(=S)NC1CCC(SC)C1. The van der Waals surface area contributed by atoms with Crippen molar-refractivity contribution in [3.8, 4) is 0 Å². The lowest BCUT2D eigenvalue weighted by Gasteiger charge is -2.19. The highest BCUT2D eigenvalue weighted by atomic mass is 32.2. The molecular formula is C11H22N2OS2. The van der Waals surface area contributed by atoms with Gasteiger partial charge in [-0.3, -0.25) is 0 Å². The van der Waals surface area contributed by atoms with Crippen molar-refractivity contribution in [3.05, 3.63) is 0 Å². The van der Waals surface area contributed by atoms with Gasteiger partial charge in [-0.2, -0.15) is 11.8 Å². The fraction of sp³-hybridized carbons (Fsp3) is 0.909. The highest BCUT2D eigenvalue weighted by Gasteiger charge is 2.24. The zero-order chi connectivity index (χ0) is 12.0. The number of rotatable bonds is 5. The second-order valence-corrected chi connectivity index (χ2v) is 5.89. The van der Waals surface area contributed by atoms with Crippen LogP contribution < -0.4 is 10.6 Å². The number of thioether (sulfide) groups is 1. The van der Waals surface area contributed by atoms with E-state index in [1.165, 1.54) is 19.3 Å². The first kappa shape index (κ1) is 14.1. The minimum Gasteiger partial charge on any atom is -0.383 e. The smallest absolute Gasteiger partial charge is 0.166 e. The van der Waals surface area contributed by atoms with Crippen LogP contribution in [0.4, 0.5) is 0 Å². The molecule has 1 aliphatic rings. The molecule has 0 bridgehead atoms. The topological polar surface area (TPSA) is 33.3 Å². The van der Waals surface area contributed by atoms with Crippen molar-refractivity contribution in [1.82, 2.24) is 10.6 Å². The monoisotopic (exact) mass is 262 g/mol. The van der Waals surface area contributed by atoms with E-state index in [9.17, 15) is 0 Å². The summed E-state index contributed by atoms with van der Waals surface area (Å²) in [6.07, 6.45) is 5.94. The minimum absolute atomic E-state index is 0.266. The maximum absolute atomic E-state index is 5.27. The summed E-state index contributed by atoms with van der Waals surface area (Å²) in [6.45, 7) is 2.75. The van der Waals surface area contributed by atoms with E-state index in [1.807, 2.05) is 11.8 Å². The number of hydrogen-bond acceptors (Lipinski definition) is 3. The Hall–Kier alpha value is 0. The molecule has 1 aliphatic carbocycles. The van der Waals surface area contributed by atoms with Gasteiger partial charge in [-0.05, 0) is 44.7 Å². The lowest BCUT2D eigenvalue weighted by atomic mass is 10.2. The Labute approximate surface area is 108 Å². The molecule has 3 unspecified atom stereocenters. The van der Waals surface area contributed by atoms with Gasteiger partial charge in [0.1, 0.15) is 0 Å². The highest BCUT2D eigenvalue weighted by Crippen LogP contribution is 2.27. The molecule has 3 nitrogen and oxygen atoms in total. The molecule has 3 atom stereocenters. The van der Waals surface area contributed by atoms with Crippen molar-refractivity contribution >= 4 is 29.1 Å². The molecule has 0 aliphatic heterocycles. The van der Waals surface area contributed by atoms with Crippen molar-refractivity contribution in [2.75, 3.05) is 20.0 Å². The Morgan fingerprint density at radius 2 is 2.31 bits per heavy atom. The third-order valence-electron chi connectivity index (χ3n) is 2.85. The molecule has 0 radical (unpaired) electrons. The molecule has 1 fully saturated rings. The first-order valence-corrected chi connectivity index (χ1v) is 7.44. The van der Waals surface area contributed by atoms with Crippen LogP contribution >= 0.6 is 24.0 Å². The van der Waals surface area contributed by atoms with Crippen molar-refractivity contribution in [2.45, 2.75) is 43.5 Å². The lowest BCUT2D eigenvalue weighted by Crippen LogP contribution is -2.45. The molecular weight excluding hydrogens is 240 g/mol. The average Bonchev–Trinajstić information content (AvgIpc) is 2.65. The van der Waals surface area contributed by atoms with Gasteiger partial charge >= 0.3 is 0 Å². The number of thiocarbonyl (C=S) groups is 1. The standard InChI is InChI=1S/C11H22N2OS2/c1-8(7-14-2)12-11(15)13-9-4-5-10(6-9)16-3/h8-10H,4-7H2,1-3H3,(H2,12,13,15). The summed E-state index contributed by atoms with van der Waals surface area (Å²) in [5.74, 6) is 0. The average molecular weight is 262 g/mol. The Morgan fingerprint density at radius 3 is 2.88 bits per heavy atom. The van der Waals surface area contributed by atoms with Crippen molar-refractivity contribution < 1.29 is 4.74 Å². The Bertz CT molecular complexity index is 226. The van der Waals surface area contributed by atoms with Crippen molar-refractivity contribution in [1.29, 1.82) is 0 Å². The van der Waals surface area contributed by atoms with Gasteiger partial charge in [0.25, 0.3) is 0 Å². The summed E-state index contributed by atoms with van der Waals surface area (Å²) in [5.41, 5.74) is 0. The summed E-state index contributed by atoms with van der Waals surface area (Å²) >= 11 is 7.23. The van der Waals surface area contributed by atoms with Crippen LogP contribution in [0.5, 0.6) is 0 Å². The normalized spacial score (nSPS) is 26.4. The molecule has 1 rings (SSSR count). The van der Waals surface area contributed by atoms with Gasteiger partial charge in [0.05, 0.1) is 6.61 Å². The van der Waals surface area contributed by atoms with Gasteiger partial charge in [-0.15, -0.1) is 0 Å². The van der Waals surface area contributed by atoms with Crippen LogP contribution in [0.25, 0.3) is 0 Å². The van der Waals surface area contributed by atoms with E-state index >= 15 is 0 Å². The van der Waals surface area contributed by atoms with Crippen LogP contribution in [0.15, 0.2) is 0 Å². The Morgan fingerprint density at radius 1 is 1.56 bits per heavy atom. The molecule has 1 saturated carbocycles. The summed E-state index contributed by atoms with van der Waals surface area (Å²) < 4.78 is 5.06. The number of ether oxygens (including phenoxy) is 1. The molecule has 0 aromatic heterocycles. The van der Waals surface area contributed by atoms with E-state index in [0.717, 1.165) is 10.4 Å². The fourth-order valence-corrected chi connectivity index (χ4v) is 3.19. The largest absolute Gasteiger partial charge is 0.383 e. The van der Waals surface area contributed by atoms with Crippen molar-refractivity contribution in [3.63, 3.8) is 0 Å². The second kappa shape index (κ2) is 7.35. The van der Waals surface area contributed by atoms with Crippen LogP contribution in [0, 0.1) is 0 Å². The third-order valence-corrected chi connectivity index (χ3v) is 4.18. The van der Waals surface area contributed by atoms with E-state index in [-0.39, 0.29) is 6.04 Å². The first-order chi connectivity index (χ1) is 7.65. The van der Waals surface area contributed by atoms with Crippen LogP contribution in [0.1, 0.15) is 26.2 Å². The van der Waals surface area contributed by atoms with E-state index in [1.54, 1.807) is 7.11 Å². The predicted octanol–water partition coefficient (Wildman–Crippen LogP) is 1.77. The van der Waals surface area contributed by atoms with E-state index in [2.05, 4.69) is 23.8 Å². The molecule has 0 aromatic rings. The molecule has 0 saturated heterocycles. The summed E-state index contributed by atoms with van der Waals surface area (Å²) in [5, 5.41) is 8.18. The molecule has 0 amide bonds. The van der Waals surface area contributed by atoms with Gasteiger partial charge < -0.3 is 15.4 Å². The second-order valence-electron chi connectivity index (χ2n) is 4.34. The Kier molecular flexibility index (Phi) is 6.46. The zero-order valence-corrected chi connectivity index (χ0v) is 11.9. The van der Waals surface area contributed by atoms with Gasteiger partial charge in [-0.1, -0.05) is 0 Å². The number of hydrogen-bond donors (Lipinski definition) is 2. The van der Waals surface area contributed by atoms with Gasteiger partial charge in [-0.25, -0.2) is 0 Å². The molecule has 0 heterocycles. The first-order valence-electron chi connectivity index (χ1n) is 5.74. The van der Waals surface area contributed by atoms with Crippen LogP contribution in [0.2, 0.25) is 0 Å². The van der Waals surface area contributed by atoms with Gasteiger partial charge in [0.2, 0.25) is 0 Å². The molecule has 94 valence electrons. The van der Waals surface area contributed by atoms with E-state index in [4.69, 9.17) is 17.0 Å². The predicted molar refractivity (Wildman–Crippen MR) is 75.1 cm³/mol. The molecule has 5 heteroatoms. The van der Waals surface area contributed by atoms with Gasteiger partial charge in [0.15, 0.2) is 5.11 Å². The summed E-state index contributed by atoms with van der Waals surface area (Å²) in [7, 11) is 1.70. The van der Waals surface area contributed by atoms with E-state index in [0.29, 0.717) is 12.6 Å². The van der Waals surface area contributed by atoms with Gasteiger partial charge in [0, 0.05) is 24.4 Å². The number of nitrogens with one attached hydrogen (secondary N) is 2. The Balaban J connectivity index is 2.19. The minimum atomic E-state index is 0.266. The van der Waals surface area contributed by atoms with Crippen LogP contribution in [-0.4, -0.2) is 42.4 Å². The molecule has 0 aromatic carbocycles. The number of methoxy groups -OCH3 is 1. The summed E-state index contributed by atoms with van der Waals surface area (Å²) in [4.78, 5) is 0. The molecule has 0 spiro atoms. The fourth-order valence-electron chi connectivity index (χ4n) is 2.03. The molecule has 16 heavy (non-hydrogen) atoms. The van der Waals surface area contributed by atoms with Crippen LogP contribution in [0.3, 0.4) is 0 Å². The van der Waals surface area contributed by atoms with Crippen molar-refractivity contribution in [2.24, 2.45) is 0 Å². The zero-order valence-electron chi connectivity index (χ0n) is 10.3. The van der Waals surface area contributed by atoms with E-state index < -0.39 is 0 Å². The lowest BCUT2D eigenvalue weighted by molar-refractivity contribution is 0.179. The maximum Gasteiger partial charge on any atom is 0.166 e. The highest BCUT2D eigenvalue weighted by molar-refractivity contribution is 7.99.